The summed E-state index contributed by atoms with van der Waals surface area (Å²) in [6, 6.07) is 6.39. The van der Waals surface area contributed by atoms with Crippen molar-refractivity contribution in [3.63, 3.8) is 0 Å². The van der Waals surface area contributed by atoms with Gasteiger partial charge < -0.3 is 4.74 Å². The predicted octanol–water partition coefficient (Wildman–Crippen LogP) is 4.59. The molecular formula is C17H16N2OS. The highest BCUT2D eigenvalue weighted by Crippen LogP contribution is 2.36. The third-order valence-corrected chi connectivity index (χ3v) is 5.33. The first-order valence-electron chi connectivity index (χ1n) is 7.23. The SMILES string of the molecule is Cc1sc2ncnc(Oc3ccc4c(c3)CCC4)c2c1C. The molecule has 2 aromatic heterocycles. The van der Waals surface area contributed by atoms with Gasteiger partial charge in [-0.15, -0.1) is 11.3 Å². The molecule has 1 aliphatic carbocycles. The number of hydrogen-bond acceptors (Lipinski definition) is 4. The van der Waals surface area contributed by atoms with Gasteiger partial charge >= 0.3 is 0 Å². The van der Waals surface area contributed by atoms with Gasteiger partial charge in [0.2, 0.25) is 5.88 Å². The number of aryl methyl sites for hydroxylation is 4. The number of hydrogen-bond donors (Lipinski definition) is 0. The van der Waals surface area contributed by atoms with Crippen molar-refractivity contribution in [3.8, 4) is 11.6 Å². The van der Waals surface area contributed by atoms with Crippen LogP contribution in [-0.2, 0) is 12.8 Å². The van der Waals surface area contributed by atoms with Crippen LogP contribution in [0.15, 0.2) is 24.5 Å². The number of ether oxygens (including phenoxy) is 1. The largest absolute Gasteiger partial charge is 0.438 e. The van der Waals surface area contributed by atoms with E-state index in [4.69, 9.17) is 4.74 Å². The van der Waals surface area contributed by atoms with Crippen LogP contribution < -0.4 is 4.74 Å². The average Bonchev–Trinajstić information content (AvgIpc) is 3.04. The zero-order chi connectivity index (χ0) is 14.4. The van der Waals surface area contributed by atoms with E-state index in [1.165, 1.54) is 34.4 Å². The molecule has 0 unspecified atom stereocenters. The van der Waals surface area contributed by atoms with Crippen molar-refractivity contribution in [2.75, 3.05) is 0 Å². The fraction of sp³-hybridized carbons (Fsp3) is 0.294. The van der Waals surface area contributed by atoms with E-state index in [0.29, 0.717) is 5.88 Å². The van der Waals surface area contributed by atoms with Gasteiger partial charge in [0.1, 0.15) is 16.9 Å². The molecule has 106 valence electrons. The summed E-state index contributed by atoms with van der Waals surface area (Å²) >= 11 is 1.69. The van der Waals surface area contributed by atoms with Gasteiger partial charge in [-0.2, -0.15) is 0 Å². The van der Waals surface area contributed by atoms with Gasteiger partial charge in [0.05, 0.1) is 5.39 Å². The van der Waals surface area contributed by atoms with Crippen molar-refractivity contribution in [3.05, 3.63) is 46.1 Å². The summed E-state index contributed by atoms with van der Waals surface area (Å²) in [6.07, 6.45) is 5.18. The van der Waals surface area contributed by atoms with Crippen molar-refractivity contribution in [1.29, 1.82) is 0 Å². The van der Waals surface area contributed by atoms with Gasteiger partial charge in [-0.05, 0) is 61.9 Å². The number of aromatic nitrogens is 2. The lowest BCUT2D eigenvalue weighted by Gasteiger charge is -2.08. The predicted molar refractivity (Wildman–Crippen MR) is 85.4 cm³/mol. The second-order valence-electron chi connectivity index (χ2n) is 5.53. The summed E-state index contributed by atoms with van der Waals surface area (Å²) in [5.74, 6) is 1.54. The van der Waals surface area contributed by atoms with Crippen LogP contribution in [0, 0.1) is 13.8 Å². The summed E-state index contributed by atoms with van der Waals surface area (Å²) in [4.78, 5) is 11.0. The first-order chi connectivity index (χ1) is 10.2. The van der Waals surface area contributed by atoms with E-state index in [2.05, 4.69) is 35.9 Å². The van der Waals surface area contributed by atoms with Crippen LogP contribution in [0.5, 0.6) is 11.6 Å². The molecule has 0 N–H and O–H groups in total. The van der Waals surface area contributed by atoms with Crippen LogP contribution in [0.1, 0.15) is 28.0 Å². The van der Waals surface area contributed by atoms with E-state index in [1.54, 1.807) is 17.7 Å². The molecule has 0 radical (unpaired) electrons. The van der Waals surface area contributed by atoms with Gasteiger partial charge in [0, 0.05) is 4.88 Å². The van der Waals surface area contributed by atoms with Crippen molar-refractivity contribution in [2.45, 2.75) is 33.1 Å². The Kier molecular flexibility index (Phi) is 2.93. The smallest absolute Gasteiger partial charge is 0.231 e. The molecule has 1 aromatic carbocycles. The normalized spacial score (nSPS) is 13.6. The lowest BCUT2D eigenvalue weighted by molar-refractivity contribution is 0.467. The van der Waals surface area contributed by atoms with Crippen LogP contribution in [0.2, 0.25) is 0 Å². The number of benzene rings is 1. The molecular weight excluding hydrogens is 280 g/mol. The molecule has 0 amide bonds. The second kappa shape index (κ2) is 4.81. The van der Waals surface area contributed by atoms with Gasteiger partial charge in [-0.3, -0.25) is 0 Å². The summed E-state index contributed by atoms with van der Waals surface area (Å²) in [5.41, 5.74) is 4.08. The van der Waals surface area contributed by atoms with Gasteiger partial charge in [0.15, 0.2) is 0 Å². The molecule has 0 spiro atoms. The van der Waals surface area contributed by atoms with E-state index >= 15 is 0 Å². The molecule has 0 saturated heterocycles. The van der Waals surface area contributed by atoms with Crippen molar-refractivity contribution in [1.82, 2.24) is 9.97 Å². The minimum atomic E-state index is 0.666. The Morgan fingerprint density at radius 3 is 2.86 bits per heavy atom. The third kappa shape index (κ3) is 2.10. The van der Waals surface area contributed by atoms with E-state index in [1.807, 2.05) is 6.07 Å². The van der Waals surface area contributed by atoms with Crippen LogP contribution in [0.25, 0.3) is 10.2 Å². The Balaban J connectivity index is 1.77. The lowest BCUT2D eigenvalue weighted by Crippen LogP contribution is -1.92. The molecule has 0 fully saturated rings. The van der Waals surface area contributed by atoms with Crippen LogP contribution in [0.4, 0.5) is 0 Å². The molecule has 4 heteroatoms. The van der Waals surface area contributed by atoms with Crippen LogP contribution in [-0.4, -0.2) is 9.97 Å². The Hall–Kier alpha value is -1.94. The molecule has 4 rings (SSSR count). The maximum Gasteiger partial charge on any atom is 0.231 e. The number of rotatable bonds is 2. The topological polar surface area (TPSA) is 35.0 Å². The Labute approximate surface area is 127 Å². The molecule has 3 nitrogen and oxygen atoms in total. The van der Waals surface area contributed by atoms with Gasteiger partial charge in [-0.1, -0.05) is 6.07 Å². The second-order valence-corrected chi connectivity index (χ2v) is 6.73. The van der Waals surface area contributed by atoms with Crippen molar-refractivity contribution in [2.24, 2.45) is 0 Å². The molecule has 21 heavy (non-hydrogen) atoms. The molecule has 1 aliphatic rings. The maximum atomic E-state index is 6.07. The Morgan fingerprint density at radius 1 is 1.10 bits per heavy atom. The Bertz CT molecular complexity index is 838. The van der Waals surface area contributed by atoms with E-state index < -0.39 is 0 Å². The molecule has 2 heterocycles. The summed E-state index contributed by atoms with van der Waals surface area (Å²) in [7, 11) is 0. The third-order valence-electron chi connectivity index (χ3n) is 4.22. The molecule has 0 bridgehead atoms. The number of nitrogens with zero attached hydrogens (tertiary/aromatic N) is 2. The molecule has 0 aliphatic heterocycles. The molecule has 0 atom stereocenters. The van der Waals surface area contributed by atoms with Crippen LogP contribution >= 0.6 is 11.3 Å². The highest BCUT2D eigenvalue weighted by Gasteiger charge is 2.15. The first kappa shape index (κ1) is 12.8. The highest BCUT2D eigenvalue weighted by atomic mass is 32.1. The minimum Gasteiger partial charge on any atom is -0.438 e. The monoisotopic (exact) mass is 296 g/mol. The Morgan fingerprint density at radius 2 is 1.95 bits per heavy atom. The van der Waals surface area contributed by atoms with E-state index in [0.717, 1.165) is 22.4 Å². The number of thiophene rings is 1. The summed E-state index contributed by atoms with van der Waals surface area (Å²) in [6.45, 7) is 4.22. The zero-order valence-corrected chi connectivity index (χ0v) is 13.0. The van der Waals surface area contributed by atoms with Gasteiger partial charge in [0.25, 0.3) is 0 Å². The molecule has 3 aromatic rings. The van der Waals surface area contributed by atoms with Gasteiger partial charge in [-0.25, -0.2) is 9.97 Å². The van der Waals surface area contributed by atoms with Crippen molar-refractivity contribution < 1.29 is 4.74 Å². The fourth-order valence-electron chi connectivity index (χ4n) is 2.95. The molecule has 0 saturated carbocycles. The average molecular weight is 296 g/mol. The van der Waals surface area contributed by atoms with Crippen molar-refractivity contribution >= 4 is 21.6 Å². The highest BCUT2D eigenvalue weighted by molar-refractivity contribution is 7.18. The van der Waals surface area contributed by atoms with E-state index in [-0.39, 0.29) is 0 Å². The van der Waals surface area contributed by atoms with E-state index in [9.17, 15) is 0 Å². The summed E-state index contributed by atoms with van der Waals surface area (Å²) < 4.78 is 6.07. The zero-order valence-electron chi connectivity index (χ0n) is 12.1. The standard InChI is InChI=1S/C17H16N2OS/c1-10-11(2)21-17-15(10)16(18-9-19-17)20-14-7-6-12-4-3-5-13(12)8-14/h6-9H,3-5H2,1-2H3. The maximum absolute atomic E-state index is 6.07. The first-order valence-corrected chi connectivity index (χ1v) is 8.04. The fourth-order valence-corrected chi connectivity index (χ4v) is 3.94. The van der Waals surface area contributed by atoms with Crippen LogP contribution in [0.3, 0.4) is 0 Å². The summed E-state index contributed by atoms with van der Waals surface area (Å²) in [5, 5.41) is 1.04. The quantitative estimate of drug-likeness (QED) is 0.694. The minimum absolute atomic E-state index is 0.666. The number of fused-ring (bicyclic) bond motifs is 2. The lowest BCUT2D eigenvalue weighted by atomic mass is 10.1.